The second kappa shape index (κ2) is 8.64. The molecule has 0 radical (unpaired) electrons. The number of likely N-dealkylation sites (tertiary alicyclic amines) is 1. The first-order chi connectivity index (χ1) is 16.5. The lowest BCUT2D eigenvalue weighted by Gasteiger charge is -2.34. The number of fused-ring (bicyclic) bond motifs is 1. The molecular weight excluding hydrogens is 478 g/mol. The summed E-state index contributed by atoms with van der Waals surface area (Å²) in [5.74, 6) is 0.338. The molecule has 0 unspecified atom stereocenters. The molecule has 0 bridgehead atoms. The fraction of sp³-hybridized carbons (Fsp3) is 0.296. The van der Waals surface area contributed by atoms with Crippen LogP contribution < -0.4 is 0 Å². The SMILES string of the molecule is Cc1ccc(-c2ccc(F)cc2)c(CN2CCC[C@@]2(C)c2nc3cc(Cl)c(C(F)(F)F)cc3[nH]2)c1. The summed E-state index contributed by atoms with van der Waals surface area (Å²) in [6.07, 6.45) is -2.80. The minimum absolute atomic E-state index is 0.284. The smallest absolute Gasteiger partial charge is 0.340 e. The third-order valence-electron chi connectivity index (χ3n) is 6.95. The van der Waals surface area contributed by atoms with Crippen molar-refractivity contribution in [1.29, 1.82) is 0 Å². The number of aryl methyl sites for hydroxylation is 1. The van der Waals surface area contributed by atoms with Crippen LogP contribution in [0.2, 0.25) is 5.02 Å². The van der Waals surface area contributed by atoms with E-state index in [0.717, 1.165) is 47.7 Å². The fourth-order valence-electron chi connectivity index (χ4n) is 5.01. The van der Waals surface area contributed by atoms with Crippen LogP contribution in [0.5, 0.6) is 0 Å². The van der Waals surface area contributed by atoms with Gasteiger partial charge < -0.3 is 4.98 Å². The summed E-state index contributed by atoms with van der Waals surface area (Å²) in [7, 11) is 0. The van der Waals surface area contributed by atoms with Crippen molar-refractivity contribution >= 4 is 22.6 Å². The fourth-order valence-corrected chi connectivity index (χ4v) is 5.28. The van der Waals surface area contributed by atoms with Crippen LogP contribution in [0.3, 0.4) is 0 Å². The maximum absolute atomic E-state index is 13.5. The standard InChI is InChI=1S/C27H24ClF4N3/c1-16-4-9-20(17-5-7-19(29)8-6-17)18(12-16)15-35-11-3-10-26(35,2)25-33-23-13-21(27(30,31)32)22(28)14-24(23)34-25/h4-9,12-14H,3,10-11,15H2,1-2H3,(H,33,34)/t26-/m0/s1. The first-order valence-corrected chi connectivity index (χ1v) is 11.8. The number of hydrogen-bond acceptors (Lipinski definition) is 2. The molecule has 0 aliphatic carbocycles. The van der Waals surface area contributed by atoms with E-state index in [-0.39, 0.29) is 10.8 Å². The van der Waals surface area contributed by atoms with Gasteiger partial charge in [-0.05, 0) is 74.2 Å². The Labute approximate surface area is 205 Å². The molecule has 0 saturated carbocycles. The molecule has 5 rings (SSSR count). The number of hydrogen-bond donors (Lipinski definition) is 1. The zero-order valence-electron chi connectivity index (χ0n) is 19.3. The monoisotopic (exact) mass is 501 g/mol. The predicted molar refractivity (Wildman–Crippen MR) is 130 cm³/mol. The molecule has 1 aromatic heterocycles. The molecule has 1 aliphatic rings. The summed E-state index contributed by atoms with van der Waals surface area (Å²) in [5, 5.41) is -0.361. The van der Waals surface area contributed by atoms with Gasteiger partial charge in [-0.1, -0.05) is 47.5 Å². The normalized spacial score (nSPS) is 19.1. The van der Waals surface area contributed by atoms with Gasteiger partial charge in [-0.2, -0.15) is 13.2 Å². The summed E-state index contributed by atoms with van der Waals surface area (Å²) >= 11 is 5.92. The summed E-state index contributed by atoms with van der Waals surface area (Å²) < 4.78 is 53.5. The van der Waals surface area contributed by atoms with E-state index in [1.165, 1.54) is 18.2 Å². The highest BCUT2D eigenvalue weighted by atomic mass is 35.5. The van der Waals surface area contributed by atoms with Crippen molar-refractivity contribution in [3.05, 3.63) is 88.0 Å². The number of rotatable bonds is 4. The van der Waals surface area contributed by atoms with Gasteiger partial charge in [0, 0.05) is 6.54 Å². The molecule has 1 atom stereocenters. The summed E-state index contributed by atoms with van der Waals surface area (Å²) in [6.45, 7) is 5.54. The highest BCUT2D eigenvalue weighted by Crippen LogP contribution is 2.42. The molecular formula is C27H24ClF4N3. The maximum atomic E-state index is 13.5. The molecule has 3 nitrogen and oxygen atoms in total. The number of nitrogens with zero attached hydrogens (tertiary/aromatic N) is 2. The number of nitrogens with one attached hydrogen (secondary N) is 1. The van der Waals surface area contributed by atoms with Gasteiger partial charge in [0.05, 0.1) is 27.2 Å². The number of aromatic amines is 1. The van der Waals surface area contributed by atoms with E-state index in [0.29, 0.717) is 23.4 Å². The first-order valence-electron chi connectivity index (χ1n) is 11.4. The molecule has 0 spiro atoms. The summed E-state index contributed by atoms with van der Waals surface area (Å²) in [6, 6.07) is 15.0. The van der Waals surface area contributed by atoms with E-state index >= 15 is 0 Å². The van der Waals surface area contributed by atoms with Gasteiger partial charge in [-0.3, -0.25) is 4.90 Å². The minimum atomic E-state index is -4.54. The van der Waals surface area contributed by atoms with E-state index in [1.807, 2.05) is 19.1 Å². The van der Waals surface area contributed by atoms with E-state index in [4.69, 9.17) is 11.6 Å². The van der Waals surface area contributed by atoms with Gasteiger partial charge in [0.1, 0.15) is 11.6 Å². The van der Waals surface area contributed by atoms with Crippen molar-refractivity contribution in [2.45, 2.75) is 44.9 Å². The van der Waals surface area contributed by atoms with Crippen LogP contribution in [0.25, 0.3) is 22.2 Å². The maximum Gasteiger partial charge on any atom is 0.417 e. The van der Waals surface area contributed by atoms with Gasteiger partial charge >= 0.3 is 6.18 Å². The second-order valence-corrected chi connectivity index (χ2v) is 9.81. The Hall–Kier alpha value is -2.90. The molecule has 1 aliphatic heterocycles. The lowest BCUT2D eigenvalue weighted by molar-refractivity contribution is -0.137. The van der Waals surface area contributed by atoms with Gasteiger partial charge in [-0.25, -0.2) is 9.37 Å². The van der Waals surface area contributed by atoms with Crippen LogP contribution >= 0.6 is 11.6 Å². The average molecular weight is 502 g/mol. The lowest BCUT2D eigenvalue weighted by Crippen LogP contribution is -2.39. The Balaban J connectivity index is 1.52. The molecule has 1 saturated heterocycles. The van der Waals surface area contributed by atoms with Crippen molar-refractivity contribution in [1.82, 2.24) is 14.9 Å². The molecule has 1 fully saturated rings. The van der Waals surface area contributed by atoms with Crippen LogP contribution in [0, 0.1) is 12.7 Å². The zero-order valence-corrected chi connectivity index (χ0v) is 20.1. The largest absolute Gasteiger partial charge is 0.417 e. The number of H-pyrrole nitrogens is 1. The highest BCUT2D eigenvalue weighted by Gasteiger charge is 2.41. The minimum Gasteiger partial charge on any atom is -0.340 e. The van der Waals surface area contributed by atoms with Crippen LogP contribution in [0.15, 0.2) is 54.6 Å². The molecule has 182 valence electrons. The van der Waals surface area contributed by atoms with Crippen LogP contribution in [0.1, 0.15) is 42.3 Å². The molecule has 2 heterocycles. The molecule has 0 amide bonds. The van der Waals surface area contributed by atoms with Crippen LogP contribution in [-0.4, -0.2) is 21.4 Å². The number of benzene rings is 3. The van der Waals surface area contributed by atoms with E-state index in [9.17, 15) is 17.6 Å². The van der Waals surface area contributed by atoms with E-state index < -0.39 is 17.3 Å². The number of alkyl halides is 3. The lowest BCUT2D eigenvalue weighted by atomic mass is 9.94. The van der Waals surface area contributed by atoms with Gasteiger partial charge in [0.2, 0.25) is 0 Å². The molecule has 4 aromatic rings. The number of imidazole rings is 1. The van der Waals surface area contributed by atoms with Crippen molar-refractivity contribution in [3.8, 4) is 11.1 Å². The quantitative estimate of drug-likeness (QED) is 0.289. The highest BCUT2D eigenvalue weighted by molar-refractivity contribution is 6.32. The molecule has 1 N–H and O–H groups in total. The topological polar surface area (TPSA) is 31.9 Å². The van der Waals surface area contributed by atoms with Crippen molar-refractivity contribution in [3.63, 3.8) is 0 Å². The Morgan fingerprint density at radius 3 is 2.54 bits per heavy atom. The van der Waals surface area contributed by atoms with Gasteiger partial charge in [0.15, 0.2) is 0 Å². The number of halogens is 5. The molecule has 35 heavy (non-hydrogen) atoms. The zero-order chi connectivity index (χ0) is 25.0. The third kappa shape index (κ3) is 4.43. The van der Waals surface area contributed by atoms with Crippen LogP contribution in [0.4, 0.5) is 17.6 Å². The van der Waals surface area contributed by atoms with E-state index in [1.54, 1.807) is 12.1 Å². The summed E-state index contributed by atoms with van der Waals surface area (Å²) in [4.78, 5) is 10.1. The predicted octanol–water partition coefficient (Wildman–Crippen LogP) is 7.86. The van der Waals surface area contributed by atoms with Crippen molar-refractivity contribution in [2.24, 2.45) is 0 Å². The Bertz CT molecular complexity index is 1390. The Morgan fingerprint density at radius 2 is 1.83 bits per heavy atom. The van der Waals surface area contributed by atoms with Crippen LogP contribution in [-0.2, 0) is 18.3 Å². The van der Waals surface area contributed by atoms with Crippen molar-refractivity contribution < 1.29 is 17.6 Å². The van der Waals surface area contributed by atoms with Gasteiger partial charge in [0.25, 0.3) is 0 Å². The summed E-state index contributed by atoms with van der Waals surface area (Å²) in [5.41, 5.74) is 3.53. The molecule has 8 heteroatoms. The number of aromatic nitrogens is 2. The van der Waals surface area contributed by atoms with Gasteiger partial charge in [-0.15, -0.1) is 0 Å². The van der Waals surface area contributed by atoms with E-state index in [2.05, 4.69) is 27.9 Å². The first kappa shape index (κ1) is 23.8. The molecule has 3 aromatic carbocycles. The second-order valence-electron chi connectivity index (χ2n) is 9.40. The average Bonchev–Trinajstić information content (AvgIpc) is 3.37. The Kier molecular flexibility index (Phi) is 5.88. The Morgan fingerprint density at radius 1 is 1.09 bits per heavy atom. The third-order valence-corrected chi connectivity index (χ3v) is 7.27. The van der Waals surface area contributed by atoms with Crippen molar-refractivity contribution in [2.75, 3.05) is 6.54 Å².